The molecule has 0 unspecified atom stereocenters. The molecule has 1 aromatic rings. The van der Waals surface area contributed by atoms with Crippen molar-refractivity contribution in [3.05, 3.63) is 35.9 Å². The largest absolute Gasteiger partial charge is 0.464 e. The maximum absolute atomic E-state index is 10.5. The third-order valence-electron chi connectivity index (χ3n) is 1.70. The third-order valence-corrected chi connectivity index (χ3v) is 1.70. The highest BCUT2D eigenvalue weighted by atomic mass is 16.6. The van der Waals surface area contributed by atoms with Crippen molar-refractivity contribution in [2.75, 3.05) is 26.4 Å². The minimum absolute atomic E-state index is 0.0700. The van der Waals surface area contributed by atoms with Crippen LogP contribution in [0.3, 0.4) is 0 Å². The van der Waals surface area contributed by atoms with Crippen molar-refractivity contribution in [3.8, 4) is 0 Å². The van der Waals surface area contributed by atoms with E-state index in [1.165, 1.54) is 0 Å². The number of ether oxygens (including phenoxy) is 2. The molecular weight excluding hydrogens is 236 g/mol. The molecule has 0 atom stereocenters. The van der Waals surface area contributed by atoms with E-state index in [0.29, 0.717) is 6.61 Å². The minimum atomic E-state index is -0.393. The Hall–Kier alpha value is -1.72. The molecule has 0 amide bonds. The van der Waals surface area contributed by atoms with Crippen LogP contribution in [0.25, 0.3) is 0 Å². The van der Waals surface area contributed by atoms with E-state index < -0.39 is 5.97 Å². The predicted molar refractivity (Wildman–Crippen MR) is 66.4 cm³/mol. The first-order valence-corrected chi connectivity index (χ1v) is 5.59. The normalized spacial score (nSPS) is 9.00. The summed E-state index contributed by atoms with van der Waals surface area (Å²) in [5.74, 6) is -0.393. The second-order valence-electron chi connectivity index (χ2n) is 3.11. The molecule has 0 aliphatic rings. The number of hydrogen-bond donors (Lipinski definition) is 1. The zero-order valence-electron chi connectivity index (χ0n) is 10.4. The van der Waals surface area contributed by atoms with E-state index in [9.17, 15) is 9.59 Å². The van der Waals surface area contributed by atoms with Crippen LogP contribution in [0.4, 0.5) is 0 Å². The molecule has 1 rings (SSSR count). The highest BCUT2D eigenvalue weighted by molar-refractivity contribution is 5.74. The van der Waals surface area contributed by atoms with Crippen LogP contribution in [-0.4, -0.2) is 43.8 Å². The Bertz CT molecular complexity index is 323. The van der Waals surface area contributed by atoms with Crippen LogP contribution in [0.1, 0.15) is 17.3 Å². The molecule has 0 fully saturated rings. The molecule has 18 heavy (non-hydrogen) atoms. The van der Waals surface area contributed by atoms with E-state index in [2.05, 4.69) is 9.47 Å². The number of aliphatic hydroxyl groups is 1. The average molecular weight is 254 g/mol. The quantitative estimate of drug-likeness (QED) is 0.467. The molecule has 0 aliphatic heterocycles. The zero-order chi connectivity index (χ0) is 13.6. The van der Waals surface area contributed by atoms with Crippen LogP contribution in [0.2, 0.25) is 0 Å². The lowest BCUT2D eigenvalue weighted by Crippen LogP contribution is -2.13. The number of carbonyl (C=O) groups excluding carboxylic acids is 2. The summed E-state index contributed by atoms with van der Waals surface area (Å²) < 4.78 is 9.22. The van der Waals surface area contributed by atoms with Crippen LogP contribution >= 0.6 is 0 Å². The average Bonchev–Trinajstić information content (AvgIpc) is 2.41. The summed E-state index contributed by atoms with van der Waals surface area (Å²) in [5.41, 5.74) is 0.729. The van der Waals surface area contributed by atoms with Gasteiger partial charge in [-0.2, -0.15) is 0 Å². The van der Waals surface area contributed by atoms with Crippen molar-refractivity contribution in [3.63, 3.8) is 0 Å². The van der Waals surface area contributed by atoms with Gasteiger partial charge in [0.2, 0.25) is 0 Å². The Morgan fingerprint density at radius 1 is 1.33 bits per heavy atom. The summed E-state index contributed by atoms with van der Waals surface area (Å²) >= 11 is 0. The molecule has 5 nitrogen and oxygen atoms in total. The molecule has 0 radical (unpaired) electrons. The lowest BCUT2D eigenvalue weighted by Gasteiger charge is -2.00. The molecule has 0 saturated heterocycles. The highest BCUT2D eigenvalue weighted by Crippen LogP contribution is 1.91. The standard InChI is InChI=1S/C7H6O.C6H12O4/c8-6-7-4-2-1-3-5-7;1-2-10-6(8)5-9-4-3-7/h1-6H;7H,2-5H2,1H3. The van der Waals surface area contributed by atoms with Crippen LogP contribution in [-0.2, 0) is 14.3 Å². The Morgan fingerprint density at radius 2 is 2.00 bits per heavy atom. The summed E-state index contributed by atoms with van der Waals surface area (Å²) in [6.07, 6.45) is 0.833. The van der Waals surface area contributed by atoms with Crippen molar-refractivity contribution in [1.82, 2.24) is 0 Å². The summed E-state index contributed by atoms with van der Waals surface area (Å²) in [6, 6.07) is 9.10. The van der Waals surface area contributed by atoms with Crippen LogP contribution in [0.5, 0.6) is 0 Å². The first-order valence-electron chi connectivity index (χ1n) is 5.59. The van der Waals surface area contributed by atoms with Crippen molar-refractivity contribution < 1.29 is 24.2 Å². The lowest BCUT2D eigenvalue weighted by molar-refractivity contribution is -0.148. The van der Waals surface area contributed by atoms with Gasteiger partial charge in [-0.15, -0.1) is 0 Å². The molecule has 1 N–H and O–H groups in total. The van der Waals surface area contributed by atoms with E-state index in [4.69, 9.17) is 5.11 Å². The van der Waals surface area contributed by atoms with Gasteiger partial charge in [-0.25, -0.2) is 4.79 Å². The van der Waals surface area contributed by atoms with Crippen LogP contribution < -0.4 is 0 Å². The van der Waals surface area contributed by atoms with Crippen molar-refractivity contribution in [2.24, 2.45) is 0 Å². The van der Waals surface area contributed by atoms with Crippen molar-refractivity contribution in [1.29, 1.82) is 0 Å². The maximum atomic E-state index is 10.5. The fourth-order valence-corrected chi connectivity index (χ4v) is 0.954. The maximum Gasteiger partial charge on any atom is 0.332 e. The Labute approximate surface area is 106 Å². The summed E-state index contributed by atoms with van der Waals surface area (Å²) in [6.45, 7) is 2.12. The summed E-state index contributed by atoms with van der Waals surface area (Å²) in [5, 5.41) is 8.23. The van der Waals surface area contributed by atoms with E-state index in [1.54, 1.807) is 19.1 Å². The van der Waals surface area contributed by atoms with Gasteiger partial charge in [0.15, 0.2) is 0 Å². The predicted octanol–water partition coefficient (Wildman–Crippen LogP) is 1.06. The van der Waals surface area contributed by atoms with Crippen LogP contribution in [0.15, 0.2) is 30.3 Å². The summed E-state index contributed by atoms with van der Waals surface area (Å²) in [7, 11) is 0. The number of carbonyl (C=O) groups is 2. The van der Waals surface area contributed by atoms with Gasteiger partial charge in [-0.05, 0) is 6.92 Å². The Balaban J connectivity index is 0.000000327. The summed E-state index contributed by atoms with van der Waals surface area (Å²) in [4.78, 5) is 20.5. The molecule has 0 spiro atoms. The van der Waals surface area contributed by atoms with Gasteiger partial charge in [-0.1, -0.05) is 30.3 Å². The van der Waals surface area contributed by atoms with Gasteiger partial charge in [-0.3, -0.25) is 4.79 Å². The molecule has 5 heteroatoms. The second kappa shape index (κ2) is 11.8. The number of benzene rings is 1. The van der Waals surface area contributed by atoms with E-state index in [-0.39, 0.29) is 19.8 Å². The first kappa shape index (κ1) is 16.3. The van der Waals surface area contributed by atoms with Gasteiger partial charge >= 0.3 is 5.97 Å². The number of rotatable bonds is 6. The van der Waals surface area contributed by atoms with E-state index >= 15 is 0 Å². The molecule has 0 heterocycles. The fraction of sp³-hybridized carbons (Fsp3) is 0.385. The second-order valence-corrected chi connectivity index (χ2v) is 3.11. The van der Waals surface area contributed by atoms with Gasteiger partial charge in [0.25, 0.3) is 0 Å². The smallest absolute Gasteiger partial charge is 0.332 e. The molecular formula is C13H18O5. The third kappa shape index (κ3) is 9.50. The van der Waals surface area contributed by atoms with Gasteiger partial charge in [0.1, 0.15) is 12.9 Å². The number of esters is 1. The lowest BCUT2D eigenvalue weighted by atomic mass is 10.2. The molecule has 0 aliphatic carbocycles. The SMILES string of the molecule is CCOC(=O)COCCO.O=Cc1ccccc1. The van der Waals surface area contributed by atoms with Crippen LogP contribution in [0, 0.1) is 0 Å². The Kier molecular flexibility index (Phi) is 10.6. The highest BCUT2D eigenvalue weighted by Gasteiger charge is 1.98. The van der Waals surface area contributed by atoms with Crippen molar-refractivity contribution >= 4 is 12.3 Å². The van der Waals surface area contributed by atoms with Gasteiger partial charge in [0, 0.05) is 5.56 Å². The molecule has 0 saturated carbocycles. The Morgan fingerprint density at radius 3 is 2.44 bits per heavy atom. The number of hydrogen-bond acceptors (Lipinski definition) is 5. The molecule has 1 aromatic carbocycles. The number of aliphatic hydroxyl groups excluding tert-OH is 1. The molecule has 0 aromatic heterocycles. The number of aldehydes is 1. The molecule has 100 valence electrons. The van der Waals surface area contributed by atoms with Gasteiger partial charge < -0.3 is 14.6 Å². The zero-order valence-corrected chi connectivity index (χ0v) is 10.4. The van der Waals surface area contributed by atoms with E-state index in [0.717, 1.165) is 11.8 Å². The van der Waals surface area contributed by atoms with Gasteiger partial charge in [0.05, 0.1) is 19.8 Å². The van der Waals surface area contributed by atoms with E-state index in [1.807, 2.05) is 18.2 Å². The monoisotopic (exact) mass is 254 g/mol. The topological polar surface area (TPSA) is 72.8 Å². The molecule has 0 bridgehead atoms. The van der Waals surface area contributed by atoms with Crippen molar-refractivity contribution in [2.45, 2.75) is 6.92 Å². The first-order chi connectivity index (χ1) is 8.74. The minimum Gasteiger partial charge on any atom is -0.464 e. The fourth-order valence-electron chi connectivity index (χ4n) is 0.954.